The normalized spacial score (nSPS) is 15.9. The number of likely N-dealkylation sites (tertiary alicyclic amines) is 1. The Kier molecular flexibility index (Phi) is 7.86. The maximum atomic E-state index is 12.1. The molecule has 6 nitrogen and oxygen atoms in total. The molecule has 1 heterocycles. The standard InChI is InChI=1S/C19H28N4O2/c1-22(10-2-14-24)18-7-11-23(12-8-18)13-9-19(25)21-17-5-3-16(15-20)4-6-17/h3-6,18,24H,2,7-14H2,1H3,(H,21,25). The van der Waals surface area contributed by atoms with E-state index in [4.69, 9.17) is 10.4 Å². The van der Waals surface area contributed by atoms with E-state index in [1.165, 1.54) is 0 Å². The predicted octanol–water partition coefficient (Wildman–Crippen LogP) is 1.67. The molecule has 1 aromatic rings. The monoisotopic (exact) mass is 344 g/mol. The summed E-state index contributed by atoms with van der Waals surface area (Å²) in [6.45, 7) is 3.98. The SMILES string of the molecule is CN(CCCO)C1CCN(CCC(=O)Nc2ccc(C#N)cc2)CC1. The number of hydrogen-bond acceptors (Lipinski definition) is 5. The Morgan fingerprint density at radius 2 is 2.04 bits per heavy atom. The van der Waals surface area contributed by atoms with Gasteiger partial charge in [-0.05, 0) is 63.7 Å². The molecule has 25 heavy (non-hydrogen) atoms. The van der Waals surface area contributed by atoms with Crippen LogP contribution in [0.5, 0.6) is 0 Å². The van der Waals surface area contributed by atoms with Gasteiger partial charge in [0.25, 0.3) is 0 Å². The van der Waals surface area contributed by atoms with Crippen LogP contribution in [0.2, 0.25) is 0 Å². The first-order chi connectivity index (χ1) is 12.1. The zero-order valence-electron chi connectivity index (χ0n) is 14.9. The summed E-state index contributed by atoms with van der Waals surface area (Å²) in [5.74, 6) is 0.00638. The van der Waals surface area contributed by atoms with E-state index in [2.05, 4.69) is 28.2 Å². The maximum Gasteiger partial charge on any atom is 0.225 e. The molecule has 0 aliphatic carbocycles. The lowest BCUT2D eigenvalue weighted by Gasteiger charge is -2.36. The third-order valence-electron chi connectivity index (χ3n) is 4.80. The minimum atomic E-state index is 0.00638. The van der Waals surface area contributed by atoms with E-state index < -0.39 is 0 Å². The number of aliphatic hydroxyl groups is 1. The summed E-state index contributed by atoms with van der Waals surface area (Å²) in [5, 5.41) is 20.6. The number of carbonyl (C=O) groups excluding carboxylic acids is 1. The molecule has 136 valence electrons. The van der Waals surface area contributed by atoms with Crippen molar-refractivity contribution in [3.05, 3.63) is 29.8 Å². The largest absolute Gasteiger partial charge is 0.396 e. The average molecular weight is 344 g/mol. The van der Waals surface area contributed by atoms with Crippen LogP contribution in [0, 0.1) is 11.3 Å². The molecule has 0 radical (unpaired) electrons. The van der Waals surface area contributed by atoms with E-state index in [0.29, 0.717) is 18.0 Å². The molecule has 1 amide bonds. The van der Waals surface area contributed by atoms with E-state index in [0.717, 1.165) is 51.1 Å². The Hall–Kier alpha value is -1.94. The first-order valence-corrected chi connectivity index (χ1v) is 8.96. The second-order valence-corrected chi connectivity index (χ2v) is 6.62. The predicted molar refractivity (Wildman–Crippen MR) is 98.2 cm³/mol. The maximum absolute atomic E-state index is 12.1. The van der Waals surface area contributed by atoms with Crippen LogP contribution >= 0.6 is 0 Å². The Bertz CT molecular complexity index is 574. The van der Waals surface area contributed by atoms with Crippen LogP contribution < -0.4 is 5.32 Å². The van der Waals surface area contributed by atoms with Crippen molar-refractivity contribution < 1.29 is 9.90 Å². The molecular weight excluding hydrogens is 316 g/mol. The lowest BCUT2D eigenvalue weighted by molar-refractivity contribution is -0.116. The van der Waals surface area contributed by atoms with Crippen LogP contribution in [-0.4, -0.2) is 66.7 Å². The number of amides is 1. The Morgan fingerprint density at radius 3 is 2.64 bits per heavy atom. The highest BCUT2D eigenvalue weighted by Crippen LogP contribution is 2.16. The Balaban J connectivity index is 1.66. The fraction of sp³-hybridized carbons (Fsp3) is 0.579. The van der Waals surface area contributed by atoms with Gasteiger partial charge >= 0.3 is 0 Å². The third-order valence-corrected chi connectivity index (χ3v) is 4.80. The molecular formula is C19H28N4O2. The zero-order valence-corrected chi connectivity index (χ0v) is 14.9. The van der Waals surface area contributed by atoms with Gasteiger partial charge in [0.05, 0.1) is 11.6 Å². The van der Waals surface area contributed by atoms with Crippen molar-refractivity contribution >= 4 is 11.6 Å². The highest BCUT2D eigenvalue weighted by Gasteiger charge is 2.22. The van der Waals surface area contributed by atoms with Crippen LogP contribution in [0.1, 0.15) is 31.2 Å². The van der Waals surface area contributed by atoms with Gasteiger partial charge < -0.3 is 20.2 Å². The quantitative estimate of drug-likeness (QED) is 0.750. The van der Waals surface area contributed by atoms with Gasteiger partial charge in [0.15, 0.2) is 0 Å². The zero-order chi connectivity index (χ0) is 18.1. The van der Waals surface area contributed by atoms with Crippen molar-refractivity contribution in [3.8, 4) is 6.07 Å². The summed E-state index contributed by atoms with van der Waals surface area (Å²) in [5.41, 5.74) is 1.32. The van der Waals surface area contributed by atoms with Crippen molar-refractivity contribution in [3.63, 3.8) is 0 Å². The van der Waals surface area contributed by atoms with Crippen molar-refractivity contribution in [2.45, 2.75) is 31.7 Å². The van der Waals surface area contributed by atoms with Crippen LogP contribution in [0.15, 0.2) is 24.3 Å². The Labute approximate surface area is 150 Å². The third kappa shape index (κ3) is 6.46. The summed E-state index contributed by atoms with van der Waals surface area (Å²) in [6.07, 6.45) is 3.52. The minimum Gasteiger partial charge on any atom is -0.396 e. The number of piperidine rings is 1. The molecule has 1 aromatic carbocycles. The molecule has 0 atom stereocenters. The smallest absolute Gasteiger partial charge is 0.225 e. The van der Waals surface area contributed by atoms with Crippen molar-refractivity contribution in [1.82, 2.24) is 9.80 Å². The second kappa shape index (κ2) is 10.1. The van der Waals surface area contributed by atoms with E-state index in [-0.39, 0.29) is 12.5 Å². The fourth-order valence-corrected chi connectivity index (χ4v) is 3.20. The molecule has 2 N–H and O–H groups in total. The van der Waals surface area contributed by atoms with Gasteiger partial charge in [-0.3, -0.25) is 4.79 Å². The molecule has 0 saturated carbocycles. The number of anilines is 1. The van der Waals surface area contributed by atoms with Crippen molar-refractivity contribution in [2.24, 2.45) is 0 Å². The second-order valence-electron chi connectivity index (χ2n) is 6.62. The molecule has 1 fully saturated rings. The molecule has 1 aliphatic rings. The number of rotatable bonds is 8. The molecule has 0 bridgehead atoms. The van der Waals surface area contributed by atoms with Gasteiger partial charge in [-0.25, -0.2) is 0 Å². The topological polar surface area (TPSA) is 79.6 Å². The lowest BCUT2D eigenvalue weighted by Crippen LogP contribution is -2.44. The van der Waals surface area contributed by atoms with Crippen LogP contribution in [0.3, 0.4) is 0 Å². The van der Waals surface area contributed by atoms with Crippen LogP contribution in [-0.2, 0) is 4.79 Å². The highest BCUT2D eigenvalue weighted by molar-refractivity contribution is 5.90. The summed E-state index contributed by atoms with van der Waals surface area (Å²) in [4.78, 5) is 16.7. The van der Waals surface area contributed by atoms with Crippen molar-refractivity contribution in [1.29, 1.82) is 5.26 Å². The number of carbonyl (C=O) groups is 1. The van der Waals surface area contributed by atoms with Crippen molar-refractivity contribution in [2.75, 3.05) is 45.2 Å². The highest BCUT2D eigenvalue weighted by atomic mass is 16.3. The van der Waals surface area contributed by atoms with E-state index in [1.54, 1.807) is 24.3 Å². The Morgan fingerprint density at radius 1 is 1.36 bits per heavy atom. The number of aliphatic hydroxyl groups excluding tert-OH is 1. The van der Waals surface area contributed by atoms with Gasteiger partial charge in [0, 0.05) is 37.8 Å². The molecule has 2 rings (SSSR count). The van der Waals surface area contributed by atoms with E-state index in [9.17, 15) is 4.79 Å². The lowest BCUT2D eigenvalue weighted by atomic mass is 10.0. The summed E-state index contributed by atoms with van der Waals surface area (Å²) in [7, 11) is 2.13. The van der Waals surface area contributed by atoms with E-state index >= 15 is 0 Å². The first-order valence-electron chi connectivity index (χ1n) is 8.96. The number of hydrogen-bond donors (Lipinski definition) is 2. The van der Waals surface area contributed by atoms with Crippen LogP contribution in [0.4, 0.5) is 5.69 Å². The summed E-state index contributed by atoms with van der Waals surface area (Å²) >= 11 is 0. The molecule has 1 aliphatic heterocycles. The summed E-state index contributed by atoms with van der Waals surface area (Å²) < 4.78 is 0. The fourth-order valence-electron chi connectivity index (χ4n) is 3.20. The van der Waals surface area contributed by atoms with E-state index in [1.807, 2.05) is 0 Å². The van der Waals surface area contributed by atoms with Gasteiger partial charge in [-0.2, -0.15) is 5.26 Å². The van der Waals surface area contributed by atoms with Gasteiger partial charge in [0.1, 0.15) is 0 Å². The number of nitriles is 1. The molecule has 0 unspecified atom stereocenters. The van der Waals surface area contributed by atoms with Gasteiger partial charge in [-0.15, -0.1) is 0 Å². The molecule has 1 saturated heterocycles. The molecule has 0 spiro atoms. The molecule has 6 heteroatoms. The summed E-state index contributed by atoms with van der Waals surface area (Å²) in [6, 6.07) is 9.55. The number of nitrogens with zero attached hydrogens (tertiary/aromatic N) is 3. The first kappa shape index (κ1) is 19.4. The minimum absolute atomic E-state index is 0.00638. The number of benzene rings is 1. The van der Waals surface area contributed by atoms with Crippen LogP contribution in [0.25, 0.3) is 0 Å². The van der Waals surface area contributed by atoms with Gasteiger partial charge in [0.2, 0.25) is 5.91 Å². The van der Waals surface area contributed by atoms with Gasteiger partial charge in [-0.1, -0.05) is 0 Å². The average Bonchev–Trinajstić information content (AvgIpc) is 2.65. The molecule has 0 aromatic heterocycles. The number of nitrogens with one attached hydrogen (secondary N) is 1.